The lowest BCUT2D eigenvalue weighted by Crippen LogP contribution is -2.59. The molecule has 2 aromatic carbocycles. The average Bonchev–Trinajstić information content (AvgIpc) is 2.92. The summed E-state index contributed by atoms with van der Waals surface area (Å²) in [5.41, 5.74) is 0.233. The van der Waals surface area contributed by atoms with Gasteiger partial charge in [-0.05, 0) is 35.4 Å². The van der Waals surface area contributed by atoms with E-state index in [0.717, 1.165) is 23.9 Å². The lowest BCUT2D eigenvalue weighted by atomic mass is 9.99. The first-order chi connectivity index (χ1) is 16.5. The molecule has 0 saturated carbocycles. The number of piperazine rings is 1. The van der Waals surface area contributed by atoms with Crippen LogP contribution in [-0.2, 0) is 20.6 Å². The molecule has 0 spiro atoms. The fourth-order valence-electron chi connectivity index (χ4n) is 4.05. The number of nitrogens with zero attached hydrogens (tertiary/aromatic N) is 2. The Morgan fingerprint density at radius 3 is 2.51 bits per heavy atom. The van der Waals surface area contributed by atoms with Crippen LogP contribution in [0.2, 0.25) is 0 Å². The molecule has 0 aliphatic carbocycles. The van der Waals surface area contributed by atoms with Crippen molar-refractivity contribution in [1.29, 1.82) is 0 Å². The van der Waals surface area contributed by atoms with E-state index in [-0.39, 0.29) is 53.9 Å². The number of carboxylic acid groups (broad SMARTS) is 1. The molecule has 184 valence electrons. The van der Waals surface area contributed by atoms with Gasteiger partial charge in [0.1, 0.15) is 6.04 Å². The van der Waals surface area contributed by atoms with Crippen molar-refractivity contribution in [2.45, 2.75) is 12.2 Å². The minimum atomic E-state index is -4.51. The van der Waals surface area contributed by atoms with Crippen molar-refractivity contribution in [2.75, 3.05) is 36.5 Å². The van der Waals surface area contributed by atoms with Gasteiger partial charge in [-0.3, -0.25) is 19.2 Å². The fraction of sp³-hybridized carbons (Fsp3) is 0.304. The number of carbonyl (C=O) groups excluding carboxylic acids is 3. The first-order valence-corrected chi connectivity index (χ1v) is 11.7. The lowest BCUT2D eigenvalue weighted by Gasteiger charge is -2.39. The van der Waals surface area contributed by atoms with Crippen molar-refractivity contribution in [3.63, 3.8) is 0 Å². The Labute approximate surface area is 202 Å². The van der Waals surface area contributed by atoms with E-state index in [1.165, 1.54) is 40.1 Å². The van der Waals surface area contributed by atoms with Gasteiger partial charge < -0.3 is 20.2 Å². The van der Waals surface area contributed by atoms with E-state index in [4.69, 9.17) is 5.11 Å². The third-order valence-electron chi connectivity index (χ3n) is 5.78. The summed E-state index contributed by atoms with van der Waals surface area (Å²) in [6, 6.07) is 8.26. The predicted octanol–water partition coefficient (Wildman–Crippen LogP) is 2.80. The van der Waals surface area contributed by atoms with Crippen LogP contribution in [0.3, 0.4) is 0 Å². The molecule has 2 N–H and O–H groups in total. The summed E-state index contributed by atoms with van der Waals surface area (Å²) in [5, 5.41) is 11.4. The van der Waals surface area contributed by atoms with Crippen LogP contribution in [0.15, 0.2) is 42.5 Å². The number of carboxylic acids is 1. The number of fused-ring (bicyclic) bond motifs is 2. The zero-order valence-corrected chi connectivity index (χ0v) is 19.0. The lowest BCUT2D eigenvalue weighted by molar-refractivity contribution is -0.137. The van der Waals surface area contributed by atoms with Crippen molar-refractivity contribution < 1.29 is 37.5 Å². The van der Waals surface area contributed by atoms with Crippen molar-refractivity contribution in [1.82, 2.24) is 9.80 Å². The highest BCUT2D eigenvalue weighted by Crippen LogP contribution is 2.34. The van der Waals surface area contributed by atoms with Crippen LogP contribution in [0.1, 0.15) is 15.9 Å². The fourth-order valence-corrected chi connectivity index (χ4v) is 4.68. The summed E-state index contributed by atoms with van der Waals surface area (Å²) in [6.45, 7) is 0.211. The van der Waals surface area contributed by atoms with E-state index in [2.05, 4.69) is 5.32 Å². The molecule has 1 atom stereocenters. The molecule has 1 fully saturated rings. The molecular weight excluding hydrogens is 487 g/mol. The Balaban J connectivity index is 1.56. The quantitative estimate of drug-likeness (QED) is 0.645. The molecule has 0 radical (unpaired) electrons. The molecule has 2 aliphatic rings. The van der Waals surface area contributed by atoms with Gasteiger partial charge in [0.2, 0.25) is 11.8 Å². The molecule has 0 bridgehead atoms. The molecule has 12 heteroatoms. The first kappa shape index (κ1) is 24.6. The van der Waals surface area contributed by atoms with E-state index in [0.29, 0.717) is 5.56 Å². The van der Waals surface area contributed by atoms with E-state index in [9.17, 15) is 32.3 Å². The monoisotopic (exact) mass is 507 g/mol. The van der Waals surface area contributed by atoms with E-state index >= 15 is 0 Å². The van der Waals surface area contributed by atoms with Gasteiger partial charge >= 0.3 is 12.1 Å². The van der Waals surface area contributed by atoms with Gasteiger partial charge in [-0.2, -0.15) is 13.2 Å². The van der Waals surface area contributed by atoms with Crippen LogP contribution in [0.5, 0.6) is 0 Å². The zero-order chi connectivity index (χ0) is 25.3. The highest BCUT2D eigenvalue weighted by atomic mass is 32.2. The molecule has 2 heterocycles. The zero-order valence-electron chi connectivity index (χ0n) is 18.2. The number of carbonyl (C=O) groups is 4. The minimum Gasteiger partial charge on any atom is -0.481 e. The molecular formula is C23H20F3N3O5S. The van der Waals surface area contributed by atoms with Crippen LogP contribution in [0, 0.1) is 0 Å². The van der Waals surface area contributed by atoms with Gasteiger partial charge in [-0.15, -0.1) is 11.8 Å². The minimum absolute atomic E-state index is 0.0431. The van der Waals surface area contributed by atoms with Crippen LogP contribution >= 0.6 is 11.8 Å². The van der Waals surface area contributed by atoms with Gasteiger partial charge in [0.05, 0.1) is 34.9 Å². The Morgan fingerprint density at radius 2 is 1.80 bits per heavy atom. The van der Waals surface area contributed by atoms with Crippen LogP contribution in [0.25, 0.3) is 11.1 Å². The maximum Gasteiger partial charge on any atom is 0.416 e. The molecule has 1 unspecified atom stereocenters. The van der Waals surface area contributed by atoms with E-state index < -0.39 is 35.6 Å². The largest absolute Gasteiger partial charge is 0.481 e. The number of hydrogen-bond donors (Lipinski definition) is 2. The van der Waals surface area contributed by atoms with Crippen molar-refractivity contribution >= 4 is 41.1 Å². The summed E-state index contributed by atoms with van der Waals surface area (Å²) in [7, 11) is 0. The van der Waals surface area contributed by atoms with Crippen molar-refractivity contribution in [3.8, 4) is 11.1 Å². The molecule has 4 rings (SSSR count). The van der Waals surface area contributed by atoms with Crippen LogP contribution < -0.4 is 5.32 Å². The van der Waals surface area contributed by atoms with Gasteiger partial charge in [0.25, 0.3) is 5.91 Å². The van der Waals surface area contributed by atoms with Crippen LogP contribution in [0.4, 0.5) is 18.9 Å². The number of anilines is 1. The second-order valence-electron chi connectivity index (χ2n) is 8.07. The highest BCUT2D eigenvalue weighted by Gasteiger charge is 2.40. The Kier molecular flexibility index (Phi) is 6.75. The molecule has 3 amide bonds. The number of thioether (sulfide) groups is 1. The molecule has 35 heavy (non-hydrogen) atoms. The normalized spacial score (nSPS) is 17.9. The summed E-state index contributed by atoms with van der Waals surface area (Å²) in [5.74, 6) is -2.61. The number of hydrogen-bond acceptors (Lipinski definition) is 5. The number of nitrogens with one attached hydrogen (secondary N) is 1. The second-order valence-corrected chi connectivity index (χ2v) is 9.05. The highest BCUT2D eigenvalue weighted by molar-refractivity contribution is 8.00. The van der Waals surface area contributed by atoms with E-state index in [1.807, 2.05) is 0 Å². The average molecular weight is 507 g/mol. The summed E-state index contributed by atoms with van der Waals surface area (Å²) >= 11 is 0.947. The second kappa shape index (κ2) is 9.61. The number of aliphatic carboxylic acids is 1. The summed E-state index contributed by atoms with van der Waals surface area (Å²) in [6.07, 6.45) is -4.51. The van der Waals surface area contributed by atoms with Gasteiger partial charge in [-0.1, -0.05) is 18.2 Å². The van der Waals surface area contributed by atoms with Crippen molar-refractivity contribution in [3.05, 3.63) is 53.6 Å². The van der Waals surface area contributed by atoms with Crippen LogP contribution in [-0.4, -0.2) is 75.8 Å². The number of amides is 3. The molecule has 0 aromatic heterocycles. The first-order valence-electron chi connectivity index (χ1n) is 10.6. The predicted molar refractivity (Wildman–Crippen MR) is 122 cm³/mol. The molecule has 8 nitrogen and oxygen atoms in total. The number of rotatable bonds is 5. The topological polar surface area (TPSA) is 107 Å². The number of halogens is 3. The maximum absolute atomic E-state index is 13.3. The SMILES string of the molecule is O=C(O)CSCC(=O)N1CCN2C(=O)c3cc(-c4cccc(C(F)(F)F)c4)ccc3NC(=O)C2C1. The van der Waals surface area contributed by atoms with Crippen molar-refractivity contribution in [2.24, 2.45) is 0 Å². The van der Waals surface area contributed by atoms with Gasteiger partial charge in [0.15, 0.2) is 0 Å². The van der Waals surface area contributed by atoms with Gasteiger partial charge in [-0.25, -0.2) is 0 Å². The molecule has 2 aromatic rings. The van der Waals surface area contributed by atoms with Gasteiger partial charge in [0, 0.05) is 13.1 Å². The third-order valence-corrected chi connectivity index (χ3v) is 6.68. The molecule has 2 aliphatic heterocycles. The number of alkyl halides is 3. The maximum atomic E-state index is 13.3. The summed E-state index contributed by atoms with van der Waals surface area (Å²) < 4.78 is 39.4. The Hall–Kier alpha value is -3.54. The van der Waals surface area contributed by atoms with E-state index in [1.54, 1.807) is 0 Å². The summed E-state index contributed by atoms with van der Waals surface area (Å²) in [4.78, 5) is 52.1. The third kappa shape index (κ3) is 5.26. The standard InChI is InChI=1S/C23H20F3N3O5S/c24-23(25,26)15-3-1-2-13(8-15)14-4-5-17-16(9-14)22(34)29-7-6-28(10-18(29)21(33)27-17)19(30)11-35-12-20(31)32/h1-5,8-9,18H,6-7,10-12H2,(H,27,33)(H,31,32). The molecule has 1 saturated heterocycles. The number of benzene rings is 2. The Bertz CT molecular complexity index is 1200. The Morgan fingerprint density at radius 1 is 1.06 bits per heavy atom. The smallest absolute Gasteiger partial charge is 0.416 e.